The lowest BCUT2D eigenvalue weighted by molar-refractivity contribution is -0.147. The summed E-state index contributed by atoms with van der Waals surface area (Å²) in [7, 11) is 0. The Morgan fingerprint density at radius 3 is 2.57 bits per heavy atom. The molecule has 0 aromatic heterocycles. The number of benzene rings is 1. The average molecular weight is 354 g/mol. The average Bonchev–Trinajstić information content (AvgIpc) is 3.06. The molecule has 2 bridgehead atoms. The molecule has 2 fully saturated rings. The van der Waals surface area contributed by atoms with Crippen LogP contribution in [0.2, 0.25) is 0 Å². The van der Waals surface area contributed by atoms with Gasteiger partial charge in [0.05, 0.1) is 24.0 Å². The Kier molecular flexibility index (Phi) is 3.99. The maximum Gasteiger partial charge on any atom is 0.310 e. The zero-order chi connectivity index (χ0) is 15.0. The van der Waals surface area contributed by atoms with Crippen LogP contribution >= 0.6 is 15.9 Å². The molecular formula is C15H16BrNO4. The van der Waals surface area contributed by atoms with E-state index in [2.05, 4.69) is 21.2 Å². The van der Waals surface area contributed by atoms with E-state index in [0.717, 1.165) is 22.9 Å². The van der Waals surface area contributed by atoms with E-state index in [0.29, 0.717) is 6.54 Å². The monoisotopic (exact) mass is 353 g/mol. The summed E-state index contributed by atoms with van der Waals surface area (Å²) in [6.45, 7) is 0.375. The lowest BCUT2D eigenvalue weighted by atomic mass is 9.78. The Morgan fingerprint density at radius 2 is 1.90 bits per heavy atom. The Bertz CT molecular complexity index is 577. The van der Waals surface area contributed by atoms with Crippen LogP contribution in [-0.2, 0) is 20.9 Å². The van der Waals surface area contributed by atoms with Crippen molar-refractivity contribution in [3.63, 3.8) is 0 Å². The standard InChI is InChI=1S/C15H16BrNO4/c16-9-4-2-1-3-8(9)7-17-14(18)12-10-5-6-11(21-10)13(12)15(19)20/h1-4,10-13H,5-7H2,(H,17,18)(H,19,20)/t10-,11+,12-,13-/m0/s1. The topological polar surface area (TPSA) is 75.6 Å². The predicted octanol–water partition coefficient (Wildman–Crippen LogP) is 1.94. The number of carbonyl (C=O) groups excluding carboxylic acids is 1. The van der Waals surface area contributed by atoms with Crippen LogP contribution < -0.4 is 5.32 Å². The molecule has 1 aromatic rings. The molecule has 0 spiro atoms. The summed E-state index contributed by atoms with van der Waals surface area (Å²) in [5, 5.41) is 12.2. The largest absolute Gasteiger partial charge is 0.481 e. The van der Waals surface area contributed by atoms with Gasteiger partial charge in [-0.1, -0.05) is 34.1 Å². The van der Waals surface area contributed by atoms with Gasteiger partial charge >= 0.3 is 5.97 Å². The first kappa shape index (κ1) is 14.5. The Labute approximate surface area is 130 Å². The quantitative estimate of drug-likeness (QED) is 0.867. The van der Waals surface area contributed by atoms with Gasteiger partial charge in [0, 0.05) is 11.0 Å². The molecule has 0 unspecified atom stereocenters. The zero-order valence-electron chi connectivity index (χ0n) is 11.3. The minimum absolute atomic E-state index is 0.231. The molecule has 2 saturated heterocycles. The normalized spacial score (nSPS) is 30.3. The molecule has 112 valence electrons. The van der Waals surface area contributed by atoms with Crippen molar-refractivity contribution >= 4 is 27.8 Å². The second-order valence-corrected chi connectivity index (χ2v) is 6.34. The lowest BCUT2D eigenvalue weighted by Gasteiger charge is -2.24. The molecule has 3 rings (SSSR count). The van der Waals surface area contributed by atoms with Gasteiger partial charge in [0.2, 0.25) is 5.91 Å². The second kappa shape index (κ2) is 5.77. The number of carboxylic acids is 1. The minimum atomic E-state index is -0.941. The highest BCUT2D eigenvalue weighted by Crippen LogP contribution is 2.43. The van der Waals surface area contributed by atoms with Crippen LogP contribution in [0.1, 0.15) is 18.4 Å². The van der Waals surface area contributed by atoms with E-state index in [4.69, 9.17) is 4.74 Å². The van der Waals surface area contributed by atoms with Crippen molar-refractivity contribution in [2.45, 2.75) is 31.6 Å². The van der Waals surface area contributed by atoms with Crippen molar-refractivity contribution in [2.24, 2.45) is 11.8 Å². The predicted molar refractivity (Wildman–Crippen MR) is 78.5 cm³/mol. The number of nitrogens with one attached hydrogen (secondary N) is 1. The van der Waals surface area contributed by atoms with Crippen molar-refractivity contribution in [3.05, 3.63) is 34.3 Å². The molecule has 21 heavy (non-hydrogen) atoms. The summed E-state index contributed by atoms with van der Waals surface area (Å²) in [4.78, 5) is 23.7. The van der Waals surface area contributed by atoms with E-state index in [1.807, 2.05) is 24.3 Å². The molecule has 0 saturated carbocycles. The Morgan fingerprint density at radius 1 is 1.24 bits per heavy atom. The van der Waals surface area contributed by atoms with Gasteiger partial charge in [0.1, 0.15) is 0 Å². The molecule has 0 aliphatic carbocycles. The Balaban J connectivity index is 1.68. The van der Waals surface area contributed by atoms with E-state index >= 15 is 0 Å². The third-order valence-corrected chi connectivity index (χ3v) is 5.05. The number of hydrogen-bond acceptors (Lipinski definition) is 3. The van der Waals surface area contributed by atoms with Gasteiger partial charge in [0.15, 0.2) is 0 Å². The van der Waals surface area contributed by atoms with Gasteiger partial charge in [-0.25, -0.2) is 0 Å². The molecular weight excluding hydrogens is 338 g/mol. The van der Waals surface area contributed by atoms with Gasteiger partial charge in [-0.2, -0.15) is 0 Å². The second-order valence-electron chi connectivity index (χ2n) is 5.49. The van der Waals surface area contributed by atoms with Crippen LogP contribution in [0.5, 0.6) is 0 Å². The molecule has 1 amide bonds. The SMILES string of the molecule is O=C(NCc1ccccc1Br)[C@@H]1[C@@H](C(=O)O)[C@H]2CC[C@@H]1O2. The summed E-state index contributed by atoms with van der Waals surface area (Å²) >= 11 is 3.43. The van der Waals surface area contributed by atoms with Crippen LogP contribution in [0.15, 0.2) is 28.7 Å². The van der Waals surface area contributed by atoms with Crippen molar-refractivity contribution in [3.8, 4) is 0 Å². The highest BCUT2D eigenvalue weighted by Gasteiger charge is 2.55. The first-order valence-corrected chi connectivity index (χ1v) is 7.76. The molecule has 6 heteroatoms. The molecule has 1 aromatic carbocycles. The summed E-state index contributed by atoms with van der Waals surface area (Å²) in [5.74, 6) is -2.47. The molecule has 2 aliphatic heterocycles. The van der Waals surface area contributed by atoms with Crippen LogP contribution in [0, 0.1) is 11.8 Å². The van der Waals surface area contributed by atoms with Crippen molar-refractivity contribution in [1.82, 2.24) is 5.32 Å². The fourth-order valence-electron chi connectivity index (χ4n) is 3.27. The van der Waals surface area contributed by atoms with E-state index in [9.17, 15) is 14.7 Å². The zero-order valence-corrected chi connectivity index (χ0v) is 12.9. The molecule has 2 N–H and O–H groups in total. The molecule has 4 atom stereocenters. The smallest absolute Gasteiger partial charge is 0.310 e. The number of hydrogen-bond donors (Lipinski definition) is 2. The van der Waals surface area contributed by atoms with Gasteiger partial charge < -0.3 is 15.2 Å². The maximum atomic E-state index is 12.4. The fourth-order valence-corrected chi connectivity index (χ4v) is 3.69. The van der Waals surface area contributed by atoms with E-state index in [1.54, 1.807) is 0 Å². The number of carbonyl (C=O) groups is 2. The molecule has 2 heterocycles. The third-order valence-electron chi connectivity index (χ3n) is 4.27. The summed E-state index contributed by atoms with van der Waals surface area (Å²) in [6.07, 6.45) is 0.930. The number of rotatable bonds is 4. The Hall–Kier alpha value is -1.40. The summed E-state index contributed by atoms with van der Waals surface area (Å²) in [5.41, 5.74) is 0.960. The van der Waals surface area contributed by atoms with E-state index < -0.39 is 17.8 Å². The number of amides is 1. The highest BCUT2D eigenvalue weighted by atomic mass is 79.9. The number of ether oxygens (including phenoxy) is 1. The van der Waals surface area contributed by atoms with Crippen LogP contribution in [0.4, 0.5) is 0 Å². The van der Waals surface area contributed by atoms with Gasteiger partial charge in [-0.15, -0.1) is 0 Å². The van der Waals surface area contributed by atoms with Gasteiger partial charge in [-0.05, 0) is 24.5 Å². The van der Waals surface area contributed by atoms with Gasteiger partial charge in [-0.3, -0.25) is 9.59 Å². The van der Waals surface area contributed by atoms with Crippen molar-refractivity contribution in [1.29, 1.82) is 0 Å². The maximum absolute atomic E-state index is 12.4. The van der Waals surface area contributed by atoms with Crippen molar-refractivity contribution in [2.75, 3.05) is 0 Å². The number of carboxylic acid groups (broad SMARTS) is 1. The minimum Gasteiger partial charge on any atom is -0.481 e. The summed E-state index contributed by atoms with van der Waals surface area (Å²) in [6, 6.07) is 7.62. The fraction of sp³-hybridized carbons (Fsp3) is 0.467. The van der Waals surface area contributed by atoms with E-state index in [1.165, 1.54) is 0 Å². The highest BCUT2D eigenvalue weighted by molar-refractivity contribution is 9.10. The summed E-state index contributed by atoms with van der Waals surface area (Å²) < 4.78 is 6.53. The lowest BCUT2D eigenvalue weighted by Crippen LogP contribution is -2.43. The van der Waals surface area contributed by atoms with Gasteiger partial charge in [0.25, 0.3) is 0 Å². The molecule has 0 radical (unpaired) electrons. The first-order chi connectivity index (χ1) is 10.1. The van der Waals surface area contributed by atoms with Crippen molar-refractivity contribution < 1.29 is 19.4 Å². The van der Waals surface area contributed by atoms with E-state index in [-0.39, 0.29) is 18.1 Å². The van der Waals surface area contributed by atoms with Crippen LogP contribution in [-0.4, -0.2) is 29.2 Å². The van der Waals surface area contributed by atoms with Crippen LogP contribution in [0.3, 0.4) is 0 Å². The van der Waals surface area contributed by atoms with Crippen LogP contribution in [0.25, 0.3) is 0 Å². The number of fused-ring (bicyclic) bond motifs is 2. The molecule has 2 aliphatic rings. The number of halogens is 1. The number of aliphatic carboxylic acids is 1. The molecule has 5 nitrogen and oxygen atoms in total. The first-order valence-electron chi connectivity index (χ1n) is 6.97. The third kappa shape index (κ3) is 2.70.